The van der Waals surface area contributed by atoms with E-state index in [1.807, 2.05) is 0 Å². The largest absolute Gasteiger partial charge is 0.383 e. The summed E-state index contributed by atoms with van der Waals surface area (Å²) in [6.07, 6.45) is 3.27. The zero-order valence-electron chi connectivity index (χ0n) is 15.5. The van der Waals surface area contributed by atoms with Gasteiger partial charge in [0.05, 0.1) is 13.2 Å². The number of aryl methyl sites for hydroxylation is 1. The molecule has 146 valence electrons. The summed E-state index contributed by atoms with van der Waals surface area (Å²) in [6.45, 7) is 0.496. The van der Waals surface area contributed by atoms with Gasteiger partial charge in [-0.3, -0.25) is 9.59 Å². The summed E-state index contributed by atoms with van der Waals surface area (Å²) >= 11 is 0. The first-order valence-corrected chi connectivity index (χ1v) is 8.61. The summed E-state index contributed by atoms with van der Waals surface area (Å²) in [7, 11) is 3.26. The third-order valence-corrected chi connectivity index (χ3v) is 4.21. The number of carbonyl (C=O) groups is 1. The molecular weight excluding hydrogens is 365 g/mol. The summed E-state index contributed by atoms with van der Waals surface area (Å²) in [5.41, 5.74) is -0.0348. The smallest absolute Gasteiger partial charge is 0.272 e. The van der Waals surface area contributed by atoms with Gasteiger partial charge in [0.25, 0.3) is 11.5 Å². The summed E-state index contributed by atoms with van der Waals surface area (Å²) < 4.78 is 22.2. The molecule has 0 spiro atoms. The maximum Gasteiger partial charge on any atom is 0.272 e. The molecule has 0 radical (unpaired) electrons. The Bertz CT molecular complexity index is 1030. The van der Waals surface area contributed by atoms with E-state index in [4.69, 9.17) is 4.74 Å². The van der Waals surface area contributed by atoms with Crippen molar-refractivity contribution in [2.24, 2.45) is 7.05 Å². The van der Waals surface area contributed by atoms with Crippen LogP contribution in [0.3, 0.4) is 0 Å². The summed E-state index contributed by atoms with van der Waals surface area (Å²) in [4.78, 5) is 28.9. The lowest BCUT2D eigenvalue weighted by molar-refractivity contribution is 0.0932. The zero-order valence-corrected chi connectivity index (χ0v) is 15.5. The number of benzene rings is 1. The van der Waals surface area contributed by atoms with Gasteiger partial charge in [-0.15, -0.1) is 0 Å². The number of hydrogen-bond acceptors (Lipinski definition) is 5. The molecule has 28 heavy (non-hydrogen) atoms. The highest BCUT2D eigenvalue weighted by molar-refractivity contribution is 5.92. The number of nitrogens with zero attached hydrogens (tertiary/aromatic N) is 4. The Hall–Kier alpha value is -3.33. The predicted octanol–water partition coefficient (Wildman–Crippen LogP) is 1.28. The van der Waals surface area contributed by atoms with Crippen LogP contribution in [0.5, 0.6) is 0 Å². The van der Waals surface area contributed by atoms with Gasteiger partial charge in [-0.2, -0.15) is 5.10 Å². The molecule has 9 heteroatoms. The van der Waals surface area contributed by atoms with Crippen molar-refractivity contribution in [3.05, 3.63) is 82.0 Å². The zero-order chi connectivity index (χ0) is 20.1. The second-order valence-corrected chi connectivity index (χ2v) is 6.10. The number of ether oxygens (including phenoxy) is 1. The van der Waals surface area contributed by atoms with Crippen LogP contribution in [0.2, 0.25) is 0 Å². The molecule has 0 bridgehead atoms. The van der Waals surface area contributed by atoms with Crippen LogP contribution in [-0.2, 0) is 18.3 Å². The molecule has 0 saturated carbocycles. The summed E-state index contributed by atoms with van der Waals surface area (Å²) in [6, 6.07) is 7.93. The molecular formula is C19H20FN5O3. The number of halogens is 1. The first-order valence-electron chi connectivity index (χ1n) is 8.61. The van der Waals surface area contributed by atoms with Gasteiger partial charge < -0.3 is 14.6 Å². The van der Waals surface area contributed by atoms with Crippen LogP contribution in [0, 0.1) is 5.82 Å². The van der Waals surface area contributed by atoms with Crippen molar-refractivity contribution in [3.8, 4) is 0 Å². The molecule has 2 aromatic heterocycles. The van der Waals surface area contributed by atoms with Gasteiger partial charge in [-0.1, -0.05) is 18.2 Å². The molecule has 0 aliphatic rings. The number of aromatic nitrogens is 4. The number of carbonyl (C=O) groups excluding carboxylic acids is 1. The van der Waals surface area contributed by atoms with Crippen LogP contribution >= 0.6 is 0 Å². The van der Waals surface area contributed by atoms with Gasteiger partial charge in [0.15, 0.2) is 0 Å². The third-order valence-electron chi connectivity index (χ3n) is 4.21. The first-order chi connectivity index (χ1) is 13.5. The minimum Gasteiger partial charge on any atom is -0.383 e. The van der Waals surface area contributed by atoms with E-state index in [0.717, 1.165) is 4.68 Å². The number of amides is 1. The minimum absolute atomic E-state index is 0.0336. The van der Waals surface area contributed by atoms with E-state index in [0.29, 0.717) is 5.82 Å². The molecule has 1 amide bonds. The minimum atomic E-state index is -0.824. The van der Waals surface area contributed by atoms with Crippen LogP contribution in [-0.4, -0.2) is 39.0 Å². The van der Waals surface area contributed by atoms with Gasteiger partial charge in [-0.25, -0.2) is 14.1 Å². The molecule has 0 saturated heterocycles. The quantitative estimate of drug-likeness (QED) is 0.662. The van der Waals surface area contributed by atoms with Gasteiger partial charge >= 0.3 is 0 Å². The highest BCUT2D eigenvalue weighted by Crippen LogP contribution is 2.23. The second-order valence-electron chi connectivity index (χ2n) is 6.10. The maximum atomic E-state index is 14.4. The molecule has 1 N–H and O–H groups in total. The molecule has 8 nitrogen and oxygen atoms in total. The lowest BCUT2D eigenvalue weighted by atomic mass is 10.1. The van der Waals surface area contributed by atoms with Crippen molar-refractivity contribution < 1.29 is 13.9 Å². The monoisotopic (exact) mass is 385 g/mol. The van der Waals surface area contributed by atoms with E-state index in [9.17, 15) is 14.0 Å². The summed E-state index contributed by atoms with van der Waals surface area (Å²) in [5.74, 6) is -0.553. The van der Waals surface area contributed by atoms with Crippen molar-refractivity contribution in [3.63, 3.8) is 0 Å². The highest BCUT2D eigenvalue weighted by atomic mass is 19.1. The van der Waals surface area contributed by atoms with E-state index in [-0.39, 0.29) is 30.0 Å². The fourth-order valence-electron chi connectivity index (χ4n) is 2.76. The lowest BCUT2D eigenvalue weighted by Crippen LogP contribution is -2.34. The van der Waals surface area contributed by atoms with Crippen LogP contribution in [0.4, 0.5) is 4.39 Å². The second kappa shape index (κ2) is 8.57. The normalized spacial score (nSPS) is 12.0. The van der Waals surface area contributed by atoms with Crippen molar-refractivity contribution in [1.82, 2.24) is 24.6 Å². The van der Waals surface area contributed by atoms with Crippen molar-refractivity contribution >= 4 is 5.91 Å². The topological polar surface area (TPSA) is 91.0 Å². The molecule has 0 aliphatic carbocycles. The van der Waals surface area contributed by atoms with Gasteiger partial charge in [0, 0.05) is 38.2 Å². The molecule has 0 fully saturated rings. The van der Waals surface area contributed by atoms with Crippen LogP contribution in [0.25, 0.3) is 0 Å². The fourth-order valence-corrected chi connectivity index (χ4v) is 2.76. The molecule has 3 aromatic rings. The van der Waals surface area contributed by atoms with E-state index in [1.54, 1.807) is 42.2 Å². The first kappa shape index (κ1) is 19.4. The molecule has 1 aromatic carbocycles. The Kier molecular flexibility index (Phi) is 5.95. The van der Waals surface area contributed by atoms with Crippen LogP contribution < -0.4 is 10.9 Å². The summed E-state index contributed by atoms with van der Waals surface area (Å²) in [5, 5.41) is 6.84. The molecule has 3 rings (SSSR count). The van der Waals surface area contributed by atoms with Gasteiger partial charge in [0.1, 0.15) is 23.4 Å². The maximum absolute atomic E-state index is 14.4. The van der Waals surface area contributed by atoms with Crippen molar-refractivity contribution in [1.29, 1.82) is 0 Å². The molecule has 2 heterocycles. The molecule has 1 unspecified atom stereocenters. The molecule has 0 aliphatic heterocycles. The molecule has 1 atom stereocenters. The third kappa shape index (κ3) is 4.15. The average Bonchev–Trinajstić information content (AvgIpc) is 3.11. The highest BCUT2D eigenvalue weighted by Gasteiger charge is 2.24. The Morgan fingerprint density at radius 2 is 2.07 bits per heavy atom. The number of nitrogens with one attached hydrogen (secondary N) is 1. The SMILES string of the molecule is COCCn1nc(C(=O)NC(c2ccccc2F)c2nccn2C)ccc1=O. The number of rotatable bonds is 7. The van der Waals surface area contributed by atoms with Crippen molar-refractivity contribution in [2.75, 3.05) is 13.7 Å². The van der Waals surface area contributed by atoms with E-state index >= 15 is 0 Å². The Morgan fingerprint density at radius 3 is 2.75 bits per heavy atom. The van der Waals surface area contributed by atoms with Gasteiger partial charge in [-0.05, 0) is 12.1 Å². The average molecular weight is 385 g/mol. The Balaban J connectivity index is 1.93. The number of imidazole rings is 1. The number of hydrogen-bond donors (Lipinski definition) is 1. The Labute approximate surface area is 160 Å². The van der Waals surface area contributed by atoms with Crippen LogP contribution in [0.15, 0.2) is 53.6 Å². The fraction of sp³-hybridized carbons (Fsp3) is 0.263. The predicted molar refractivity (Wildman–Crippen MR) is 99.3 cm³/mol. The van der Waals surface area contributed by atoms with Crippen molar-refractivity contribution in [2.45, 2.75) is 12.6 Å². The standard InChI is InChI=1S/C19H20FN5O3/c1-24-10-9-21-18(24)17(13-5-3-4-6-14(13)20)22-19(27)15-7-8-16(26)25(23-15)11-12-28-2/h3-10,17H,11-12H2,1-2H3,(H,22,27). The van der Waals surface area contributed by atoms with E-state index < -0.39 is 17.8 Å². The number of methoxy groups -OCH3 is 1. The lowest BCUT2D eigenvalue weighted by Gasteiger charge is -2.19. The van der Waals surface area contributed by atoms with E-state index in [1.165, 1.54) is 25.3 Å². The van der Waals surface area contributed by atoms with Gasteiger partial charge in [0.2, 0.25) is 0 Å². The Morgan fingerprint density at radius 1 is 1.29 bits per heavy atom. The van der Waals surface area contributed by atoms with E-state index in [2.05, 4.69) is 15.4 Å². The van der Waals surface area contributed by atoms with Crippen LogP contribution in [0.1, 0.15) is 27.9 Å².